The van der Waals surface area contributed by atoms with E-state index in [1.54, 1.807) is 20.8 Å². The molecule has 1 atom stereocenters. The molecule has 1 aliphatic rings. The van der Waals surface area contributed by atoms with Crippen LogP contribution in [0, 0.1) is 13.8 Å². The zero-order chi connectivity index (χ0) is 18.4. The van der Waals surface area contributed by atoms with Crippen molar-refractivity contribution in [2.24, 2.45) is 0 Å². The number of rotatable bonds is 7. The van der Waals surface area contributed by atoms with Crippen molar-refractivity contribution in [2.75, 3.05) is 26.4 Å². The van der Waals surface area contributed by atoms with Gasteiger partial charge in [0.05, 0.1) is 18.3 Å². The van der Waals surface area contributed by atoms with Gasteiger partial charge in [-0.3, -0.25) is 4.79 Å². The highest BCUT2D eigenvalue weighted by Crippen LogP contribution is 2.19. The molecule has 8 heteroatoms. The molecule has 0 bridgehead atoms. The predicted octanol–water partition coefficient (Wildman–Crippen LogP) is 1.26. The molecule has 8 nitrogen and oxygen atoms in total. The van der Waals surface area contributed by atoms with Crippen LogP contribution in [0.25, 0.3) is 0 Å². The second kappa shape index (κ2) is 8.66. The molecule has 0 saturated carbocycles. The highest BCUT2D eigenvalue weighted by Gasteiger charge is 2.24. The Bertz CT molecular complexity index is 646. The maximum atomic E-state index is 12.2. The van der Waals surface area contributed by atoms with Crippen LogP contribution in [0.4, 0.5) is 0 Å². The van der Waals surface area contributed by atoms with E-state index >= 15 is 0 Å². The van der Waals surface area contributed by atoms with Crippen molar-refractivity contribution in [2.45, 2.75) is 39.7 Å². The topological polar surface area (TPSA) is 107 Å². The number of hydrogen-bond acceptors (Lipinski definition) is 6. The molecule has 0 spiro atoms. The summed E-state index contributed by atoms with van der Waals surface area (Å²) in [4.78, 5) is 38.7. The zero-order valence-corrected chi connectivity index (χ0v) is 14.8. The monoisotopic (exact) mass is 352 g/mol. The minimum absolute atomic E-state index is 0.0279. The van der Waals surface area contributed by atoms with Crippen LogP contribution in [0.1, 0.15) is 51.9 Å². The Hall–Kier alpha value is -2.35. The van der Waals surface area contributed by atoms with E-state index in [1.807, 2.05) is 0 Å². The van der Waals surface area contributed by atoms with Gasteiger partial charge in [-0.25, -0.2) is 9.59 Å². The Labute approximate surface area is 146 Å². The Morgan fingerprint density at radius 3 is 2.64 bits per heavy atom. The number of carbonyl (C=O) groups is 3. The van der Waals surface area contributed by atoms with Crippen LogP contribution >= 0.6 is 0 Å². The summed E-state index contributed by atoms with van der Waals surface area (Å²) in [6.45, 7) is 5.98. The maximum Gasteiger partial charge on any atom is 0.355 e. The molecule has 25 heavy (non-hydrogen) atoms. The van der Waals surface area contributed by atoms with Crippen LogP contribution in [0.5, 0.6) is 0 Å². The second-order valence-electron chi connectivity index (χ2n) is 5.86. The number of amides is 1. The van der Waals surface area contributed by atoms with Gasteiger partial charge in [-0.1, -0.05) is 0 Å². The van der Waals surface area contributed by atoms with Crippen LogP contribution in [-0.4, -0.2) is 55.3 Å². The minimum Gasteiger partial charge on any atom is -0.462 e. The number of aromatic nitrogens is 1. The quantitative estimate of drug-likeness (QED) is 0.716. The summed E-state index contributed by atoms with van der Waals surface area (Å²) in [5.74, 6) is -1.58. The molecule has 2 heterocycles. The minimum atomic E-state index is -0.691. The van der Waals surface area contributed by atoms with Gasteiger partial charge >= 0.3 is 11.9 Å². The van der Waals surface area contributed by atoms with E-state index in [-0.39, 0.29) is 18.4 Å². The number of esters is 2. The van der Waals surface area contributed by atoms with E-state index in [0.29, 0.717) is 30.0 Å². The molecule has 1 aliphatic heterocycles. The van der Waals surface area contributed by atoms with Gasteiger partial charge in [0.1, 0.15) is 5.69 Å². The first-order valence-corrected chi connectivity index (χ1v) is 8.35. The first-order chi connectivity index (χ1) is 11.9. The third kappa shape index (κ3) is 4.82. The van der Waals surface area contributed by atoms with E-state index in [0.717, 1.165) is 12.8 Å². The number of H-pyrrole nitrogens is 1. The first kappa shape index (κ1) is 19.0. The van der Waals surface area contributed by atoms with E-state index in [1.165, 1.54) is 0 Å². The molecule has 1 aromatic heterocycles. The molecule has 2 rings (SSSR count). The van der Waals surface area contributed by atoms with Crippen molar-refractivity contribution in [1.29, 1.82) is 0 Å². The molecular formula is C17H24N2O6. The van der Waals surface area contributed by atoms with Crippen molar-refractivity contribution >= 4 is 17.8 Å². The van der Waals surface area contributed by atoms with Gasteiger partial charge in [0, 0.05) is 18.8 Å². The van der Waals surface area contributed by atoms with Crippen molar-refractivity contribution in [3.05, 3.63) is 22.5 Å². The molecule has 1 amide bonds. The Morgan fingerprint density at radius 2 is 2.00 bits per heavy atom. The normalized spacial score (nSPS) is 16.5. The fourth-order valence-corrected chi connectivity index (χ4v) is 2.75. The lowest BCUT2D eigenvalue weighted by atomic mass is 10.1. The van der Waals surface area contributed by atoms with Gasteiger partial charge in [-0.05, 0) is 39.2 Å². The summed E-state index contributed by atoms with van der Waals surface area (Å²) < 4.78 is 15.4. The number of aromatic amines is 1. The van der Waals surface area contributed by atoms with Crippen LogP contribution in [0.15, 0.2) is 0 Å². The molecule has 138 valence electrons. The summed E-state index contributed by atoms with van der Waals surface area (Å²) in [5, 5.41) is 2.67. The highest BCUT2D eigenvalue weighted by molar-refractivity contribution is 5.99. The van der Waals surface area contributed by atoms with Gasteiger partial charge in [-0.15, -0.1) is 0 Å². The van der Waals surface area contributed by atoms with E-state index < -0.39 is 24.5 Å². The average molecular weight is 352 g/mol. The maximum absolute atomic E-state index is 12.2. The predicted molar refractivity (Wildman–Crippen MR) is 88.5 cm³/mol. The Balaban J connectivity index is 1.89. The molecule has 0 aliphatic carbocycles. The SMILES string of the molecule is CCOC(=O)c1c(C)[nH]c(C(=O)OCC(=O)NC[C@H]2CCCO2)c1C. The fraction of sp³-hybridized carbons (Fsp3) is 0.588. The summed E-state index contributed by atoms with van der Waals surface area (Å²) in [6.07, 6.45) is 1.93. The van der Waals surface area contributed by atoms with E-state index in [2.05, 4.69) is 10.3 Å². The third-order valence-corrected chi connectivity index (χ3v) is 4.01. The van der Waals surface area contributed by atoms with Crippen LogP contribution in [0.2, 0.25) is 0 Å². The smallest absolute Gasteiger partial charge is 0.355 e. The molecule has 0 radical (unpaired) electrons. The van der Waals surface area contributed by atoms with E-state index in [9.17, 15) is 14.4 Å². The molecule has 0 aromatic carbocycles. The summed E-state index contributed by atoms with van der Waals surface area (Å²) >= 11 is 0. The lowest BCUT2D eigenvalue weighted by Crippen LogP contribution is -2.34. The van der Waals surface area contributed by atoms with Crippen molar-refractivity contribution in [3.8, 4) is 0 Å². The highest BCUT2D eigenvalue weighted by atomic mass is 16.5. The number of hydrogen-bond donors (Lipinski definition) is 2. The van der Waals surface area contributed by atoms with Gasteiger partial charge in [-0.2, -0.15) is 0 Å². The van der Waals surface area contributed by atoms with Crippen LogP contribution < -0.4 is 5.32 Å². The second-order valence-corrected chi connectivity index (χ2v) is 5.86. The molecular weight excluding hydrogens is 328 g/mol. The summed E-state index contributed by atoms with van der Waals surface area (Å²) in [7, 11) is 0. The van der Waals surface area contributed by atoms with Crippen molar-refractivity contribution < 1.29 is 28.6 Å². The van der Waals surface area contributed by atoms with Gasteiger partial charge in [0.15, 0.2) is 6.61 Å². The lowest BCUT2D eigenvalue weighted by molar-refractivity contribution is -0.124. The molecule has 1 fully saturated rings. The summed E-state index contributed by atoms with van der Waals surface area (Å²) in [6, 6.07) is 0. The molecule has 1 saturated heterocycles. The lowest BCUT2D eigenvalue weighted by Gasteiger charge is -2.10. The van der Waals surface area contributed by atoms with Crippen LogP contribution in [-0.2, 0) is 19.0 Å². The number of aryl methyl sites for hydroxylation is 1. The number of nitrogens with one attached hydrogen (secondary N) is 2. The Kier molecular flexibility index (Phi) is 6.58. The number of carbonyl (C=O) groups excluding carboxylic acids is 3. The van der Waals surface area contributed by atoms with Crippen LogP contribution in [0.3, 0.4) is 0 Å². The largest absolute Gasteiger partial charge is 0.462 e. The van der Waals surface area contributed by atoms with Crippen molar-refractivity contribution in [3.63, 3.8) is 0 Å². The summed E-state index contributed by atoms with van der Waals surface area (Å²) in [5.41, 5.74) is 1.43. The fourth-order valence-electron chi connectivity index (χ4n) is 2.75. The van der Waals surface area contributed by atoms with Gasteiger partial charge < -0.3 is 24.5 Å². The third-order valence-electron chi connectivity index (χ3n) is 4.01. The van der Waals surface area contributed by atoms with Crippen molar-refractivity contribution in [1.82, 2.24) is 10.3 Å². The standard InChI is InChI=1S/C17H24N2O6/c1-4-23-16(21)14-10(2)15(19-11(14)3)17(22)25-9-13(20)18-8-12-6-5-7-24-12/h12,19H,4-9H2,1-3H3,(H,18,20)/t12-/m1/s1. The zero-order valence-electron chi connectivity index (χ0n) is 14.8. The molecule has 2 N–H and O–H groups in total. The molecule has 0 unspecified atom stereocenters. The number of ether oxygens (including phenoxy) is 3. The van der Waals surface area contributed by atoms with Gasteiger partial charge in [0.2, 0.25) is 0 Å². The van der Waals surface area contributed by atoms with Gasteiger partial charge in [0.25, 0.3) is 5.91 Å². The first-order valence-electron chi connectivity index (χ1n) is 8.35. The Morgan fingerprint density at radius 1 is 1.24 bits per heavy atom. The average Bonchev–Trinajstić information content (AvgIpc) is 3.18. The van der Waals surface area contributed by atoms with E-state index in [4.69, 9.17) is 14.2 Å². The molecule has 1 aromatic rings.